The Bertz CT molecular complexity index is 331. The number of Topliss-reactive ketones (excluding diaryl/α,β-unsaturated/α-hetero) is 2. The number of aliphatic carboxylic acids is 2. The van der Waals surface area contributed by atoms with E-state index in [0.717, 1.165) is 13.8 Å². The minimum absolute atomic E-state index is 0.807. The van der Waals surface area contributed by atoms with Crippen molar-refractivity contribution in [3.05, 3.63) is 0 Å². The van der Waals surface area contributed by atoms with E-state index in [2.05, 4.69) is 0 Å². The van der Waals surface area contributed by atoms with E-state index >= 15 is 0 Å². The third-order valence-electron chi connectivity index (χ3n) is 2.72. The Hall–Kier alpha value is -1.80. The lowest BCUT2D eigenvalue weighted by Gasteiger charge is -2.25. The van der Waals surface area contributed by atoms with E-state index in [1.807, 2.05) is 0 Å². The highest BCUT2D eigenvalue weighted by Gasteiger charge is 2.47. The van der Waals surface area contributed by atoms with E-state index in [0.29, 0.717) is 0 Å². The van der Waals surface area contributed by atoms with Gasteiger partial charge in [0.25, 0.3) is 0 Å². The zero-order chi connectivity index (χ0) is 14.7. The molecule has 0 amide bonds. The third kappa shape index (κ3) is 2.90. The topological polar surface area (TPSA) is 149 Å². The maximum atomic E-state index is 11.0. The lowest BCUT2D eigenvalue weighted by Crippen LogP contribution is -2.51. The van der Waals surface area contributed by atoms with Gasteiger partial charge in [0.1, 0.15) is 0 Å². The van der Waals surface area contributed by atoms with Crippen LogP contribution in [0.2, 0.25) is 0 Å². The van der Waals surface area contributed by atoms with Crippen LogP contribution in [0.4, 0.5) is 0 Å². The molecule has 0 aliphatic heterocycles. The number of carbonyl (C=O) groups excluding carboxylic acids is 2. The van der Waals surface area contributed by atoms with Crippen molar-refractivity contribution in [2.24, 2.45) is 0 Å². The van der Waals surface area contributed by atoms with Gasteiger partial charge in [-0.1, -0.05) is 0 Å². The summed E-state index contributed by atoms with van der Waals surface area (Å²) in [7, 11) is 0. The minimum Gasteiger partial charge on any atom is -0.479 e. The van der Waals surface area contributed by atoms with Gasteiger partial charge in [-0.15, -0.1) is 0 Å². The second-order valence-electron chi connectivity index (χ2n) is 3.94. The predicted octanol–water partition coefficient (Wildman–Crippen LogP) is -1.42. The molecular weight excluding hydrogens is 248 g/mol. The maximum absolute atomic E-state index is 11.0. The highest BCUT2D eigenvalue weighted by Crippen LogP contribution is 2.22. The highest BCUT2D eigenvalue weighted by atomic mass is 16.4. The maximum Gasteiger partial charge on any atom is 0.343 e. The summed E-state index contributed by atoms with van der Waals surface area (Å²) in [6.45, 7) is 1.61. The van der Waals surface area contributed by atoms with E-state index in [4.69, 9.17) is 10.2 Å². The summed E-state index contributed by atoms with van der Waals surface area (Å²) >= 11 is 0. The van der Waals surface area contributed by atoms with Crippen LogP contribution in [0.25, 0.3) is 0 Å². The highest BCUT2D eigenvalue weighted by molar-refractivity contribution is 6.07. The summed E-state index contributed by atoms with van der Waals surface area (Å²) in [6, 6.07) is 0. The van der Waals surface area contributed by atoms with Crippen LogP contribution >= 0.6 is 0 Å². The molecule has 0 aliphatic rings. The summed E-state index contributed by atoms with van der Waals surface area (Å²) in [5.41, 5.74) is -5.64. The molecule has 0 fully saturated rings. The summed E-state index contributed by atoms with van der Waals surface area (Å²) in [5, 5.41) is 36.4. The fraction of sp³-hybridized carbons (Fsp3) is 0.600. The summed E-state index contributed by atoms with van der Waals surface area (Å²) in [5.74, 6) is -5.98. The van der Waals surface area contributed by atoms with Gasteiger partial charge in [-0.25, -0.2) is 9.59 Å². The molecule has 0 aromatic carbocycles. The molecule has 0 saturated carbocycles. The minimum atomic E-state index is -2.82. The lowest BCUT2D eigenvalue weighted by atomic mass is 9.85. The molecule has 102 valence electrons. The fourth-order valence-electron chi connectivity index (χ4n) is 1.23. The SMILES string of the molecule is CC(=O)C(O)(CCC(O)(C(C)=O)C(=O)O)C(=O)O. The first-order valence-corrected chi connectivity index (χ1v) is 4.92. The van der Waals surface area contributed by atoms with Crippen molar-refractivity contribution in [2.45, 2.75) is 37.9 Å². The monoisotopic (exact) mass is 262 g/mol. The van der Waals surface area contributed by atoms with Crippen molar-refractivity contribution in [2.75, 3.05) is 0 Å². The molecule has 4 N–H and O–H groups in total. The average Bonchev–Trinajstić information content (AvgIpc) is 2.23. The van der Waals surface area contributed by atoms with Crippen molar-refractivity contribution in [1.82, 2.24) is 0 Å². The molecule has 0 spiro atoms. The van der Waals surface area contributed by atoms with E-state index in [9.17, 15) is 29.4 Å². The normalized spacial score (nSPS) is 17.3. The van der Waals surface area contributed by atoms with Crippen LogP contribution in [0.15, 0.2) is 0 Å². The molecular formula is C10H14O8. The molecule has 0 saturated heterocycles. The molecule has 0 bridgehead atoms. The quantitative estimate of drug-likeness (QED) is 0.408. The number of carbonyl (C=O) groups is 4. The number of ketones is 2. The van der Waals surface area contributed by atoms with Crippen LogP contribution in [-0.4, -0.2) is 55.1 Å². The molecule has 0 aliphatic carbocycles. The van der Waals surface area contributed by atoms with Gasteiger partial charge in [-0.3, -0.25) is 9.59 Å². The van der Waals surface area contributed by atoms with Crippen LogP contribution in [-0.2, 0) is 19.2 Å². The molecule has 8 nitrogen and oxygen atoms in total. The van der Waals surface area contributed by atoms with Crippen molar-refractivity contribution in [1.29, 1.82) is 0 Å². The van der Waals surface area contributed by atoms with Crippen LogP contribution in [0, 0.1) is 0 Å². The number of carboxylic acid groups (broad SMARTS) is 2. The van der Waals surface area contributed by atoms with E-state index in [1.165, 1.54) is 0 Å². The molecule has 18 heavy (non-hydrogen) atoms. The molecule has 8 heteroatoms. The summed E-state index contributed by atoms with van der Waals surface area (Å²) < 4.78 is 0. The Morgan fingerprint density at radius 2 is 1.00 bits per heavy atom. The second-order valence-corrected chi connectivity index (χ2v) is 3.94. The Morgan fingerprint density at radius 1 is 0.778 bits per heavy atom. The number of rotatable bonds is 7. The molecule has 2 unspecified atom stereocenters. The van der Waals surface area contributed by atoms with Crippen molar-refractivity contribution < 1.29 is 39.6 Å². The van der Waals surface area contributed by atoms with Gasteiger partial charge < -0.3 is 20.4 Å². The first kappa shape index (κ1) is 16.2. The van der Waals surface area contributed by atoms with Crippen molar-refractivity contribution in [3.8, 4) is 0 Å². The summed E-state index contributed by atoms with van der Waals surface area (Å²) in [6.07, 6.45) is -1.78. The number of hydrogen-bond donors (Lipinski definition) is 4. The first-order valence-electron chi connectivity index (χ1n) is 4.92. The van der Waals surface area contributed by atoms with Crippen LogP contribution in [0.3, 0.4) is 0 Å². The van der Waals surface area contributed by atoms with Crippen LogP contribution in [0.5, 0.6) is 0 Å². The Balaban J connectivity index is 5.14. The van der Waals surface area contributed by atoms with E-state index < -0.39 is 47.5 Å². The first-order chi connectivity index (χ1) is 7.98. The molecule has 0 radical (unpaired) electrons. The van der Waals surface area contributed by atoms with Crippen LogP contribution < -0.4 is 0 Å². The number of aliphatic hydroxyl groups is 2. The standard InChI is InChI=1S/C10H14O8/c1-5(11)9(17,7(13)14)3-4-10(18,6(2)12)8(15)16/h17-18H,3-4H2,1-2H3,(H,13,14)(H,15,16). The third-order valence-corrected chi connectivity index (χ3v) is 2.72. The average molecular weight is 262 g/mol. The van der Waals surface area contributed by atoms with E-state index in [-0.39, 0.29) is 0 Å². The van der Waals surface area contributed by atoms with Gasteiger partial charge in [-0.2, -0.15) is 0 Å². The van der Waals surface area contributed by atoms with Gasteiger partial charge in [0, 0.05) is 0 Å². The van der Waals surface area contributed by atoms with Crippen LogP contribution in [0.1, 0.15) is 26.7 Å². The largest absolute Gasteiger partial charge is 0.479 e. The molecule has 2 atom stereocenters. The molecule has 0 heterocycles. The van der Waals surface area contributed by atoms with Crippen molar-refractivity contribution >= 4 is 23.5 Å². The van der Waals surface area contributed by atoms with Gasteiger partial charge in [-0.05, 0) is 26.7 Å². The predicted molar refractivity (Wildman–Crippen MR) is 55.8 cm³/mol. The molecule has 0 aromatic rings. The number of carboxylic acids is 2. The number of hydrogen-bond acceptors (Lipinski definition) is 6. The molecule has 0 aromatic heterocycles. The van der Waals surface area contributed by atoms with Gasteiger partial charge in [0.2, 0.25) is 11.2 Å². The van der Waals surface area contributed by atoms with Gasteiger partial charge in [0.15, 0.2) is 11.6 Å². The van der Waals surface area contributed by atoms with Gasteiger partial charge in [0.05, 0.1) is 0 Å². The summed E-state index contributed by atoms with van der Waals surface area (Å²) in [4.78, 5) is 43.5. The zero-order valence-electron chi connectivity index (χ0n) is 9.84. The Morgan fingerprint density at radius 3 is 1.11 bits per heavy atom. The lowest BCUT2D eigenvalue weighted by molar-refractivity contribution is -0.173. The zero-order valence-corrected chi connectivity index (χ0v) is 9.84. The van der Waals surface area contributed by atoms with Gasteiger partial charge >= 0.3 is 11.9 Å². The molecule has 0 rings (SSSR count). The smallest absolute Gasteiger partial charge is 0.343 e. The van der Waals surface area contributed by atoms with E-state index in [1.54, 1.807) is 0 Å². The second kappa shape index (κ2) is 5.23. The Kier molecular flexibility index (Phi) is 4.71. The van der Waals surface area contributed by atoms with Crippen molar-refractivity contribution in [3.63, 3.8) is 0 Å². The Labute approximate surface area is 102 Å². The fourth-order valence-corrected chi connectivity index (χ4v) is 1.23.